The zero-order valence-corrected chi connectivity index (χ0v) is 16.6. The van der Waals surface area contributed by atoms with Crippen LogP contribution in [0.5, 0.6) is 5.75 Å². The van der Waals surface area contributed by atoms with Crippen LogP contribution >= 0.6 is 0 Å². The largest absolute Gasteiger partial charge is 0.496 e. The number of methoxy groups -OCH3 is 1. The molecule has 0 bridgehead atoms. The summed E-state index contributed by atoms with van der Waals surface area (Å²) >= 11 is 0. The number of benzene rings is 1. The number of piperidine rings is 1. The number of hydrogen-bond acceptors (Lipinski definition) is 5. The molecule has 0 spiro atoms. The van der Waals surface area contributed by atoms with Crippen molar-refractivity contribution in [2.75, 3.05) is 20.2 Å². The van der Waals surface area contributed by atoms with Gasteiger partial charge in [0.15, 0.2) is 0 Å². The SMILES string of the molecule is C=CCc1cc(CN2C[C@@]3(C(=O)O)C[C@@]3(C(=O)O)C2)ccc1OC.O=C(O)C(F)(F)F. The number of rotatable bonds is 7. The lowest BCUT2D eigenvalue weighted by Gasteiger charge is -2.20. The van der Waals surface area contributed by atoms with E-state index in [1.54, 1.807) is 13.2 Å². The maximum absolute atomic E-state index is 11.6. The van der Waals surface area contributed by atoms with Gasteiger partial charge in [-0.3, -0.25) is 14.5 Å². The van der Waals surface area contributed by atoms with Gasteiger partial charge in [-0.2, -0.15) is 13.2 Å². The fourth-order valence-corrected chi connectivity index (χ4v) is 4.02. The maximum Gasteiger partial charge on any atom is 0.490 e. The summed E-state index contributed by atoms with van der Waals surface area (Å²) in [5, 5.41) is 26.1. The highest BCUT2D eigenvalue weighted by Gasteiger charge is 2.80. The number of carboxylic acids is 3. The molecule has 1 aromatic rings. The molecule has 170 valence electrons. The zero-order valence-electron chi connectivity index (χ0n) is 16.6. The Morgan fingerprint density at radius 1 is 1.16 bits per heavy atom. The number of ether oxygens (including phenoxy) is 1. The Kier molecular flexibility index (Phi) is 6.69. The van der Waals surface area contributed by atoms with Crippen LogP contribution < -0.4 is 4.74 Å². The van der Waals surface area contributed by atoms with Gasteiger partial charge < -0.3 is 20.1 Å². The summed E-state index contributed by atoms with van der Waals surface area (Å²) in [6, 6.07) is 5.81. The van der Waals surface area contributed by atoms with Gasteiger partial charge >= 0.3 is 24.1 Å². The van der Waals surface area contributed by atoms with E-state index in [2.05, 4.69) is 6.58 Å². The molecule has 1 heterocycles. The molecule has 2 atom stereocenters. The third-order valence-electron chi connectivity index (χ3n) is 5.56. The summed E-state index contributed by atoms with van der Waals surface area (Å²) in [6.07, 6.45) is -2.38. The van der Waals surface area contributed by atoms with E-state index in [1.807, 2.05) is 23.1 Å². The first kappa shape index (κ1) is 24.2. The van der Waals surface area contributed by atoms with E-state index < -0.39 is 34.9 Å². The van der Waals surface area contributed by atoms with Gasteiger partial charge in [-0.1, -0.05) is 18.2 Å². The molecule has 3 rings (SSSR count). The second kappa shape index (κ2) is 8.58. The van der Waals surface area contributed by atoms with Crippen molar-refractivity contribution in [3.05, 3.63) is 42.0 Å². The third-order valence-corrected chi connectivity index (χ3v) is 5.56. The van der Waals surface area contributed by atoms with Crippen molar-refractivity contribution >= 4 is 17.9 Å². The molecule has 1 saturated carbocycles. The van der Waals surface area contributed by atoms with Crippen LogP contribution in [0.25, 0.3) is 0 Å². The first-order chi connectivity index (χ1) is 14.3. The monoisotopic (exact) mass is 445 g/mol. The lowest BCUT2D eigenvalue weighted by Crippen LogP contribution is -2.28. The van der Waals surface area contributed by atoms with Gasteiger partial charge in [0, 0.05) is 19.6 Å². The Hall–Kier alpha value is -3.08. The molecule has 3 N–H and O–H groups in total. The number of carbonyl (C=O) groups is 3. The molecule has 0 aromatic heterocycles. The van der Waals surface area contributed by atoms with Crippen LogP contribution in [-0.2, 0) is 27.3 Å². The molecule has 1 aliphatic carbocycles. The topological polar surface area (TPSA) is 124 Å². The fraction of sp³-hybridized carbons (Fsp3) is 0.450. The minimum atomic E-state index is -5.08. The van der Waals surface area contributed by atoms with Gasteiger partial charge in [0.05, 0.1) is 17.9 Å². The summed E-state index contributed by atoms with van der Waals surface area (Å²) in [7, 11) is 1.61. The number of nitrogens with zero attached hydrogens (tertiary/aromatic N) is 1. The van der Waals surface area contributed by atoms with E-state index in [-0.39, 0.29) is 19.5 Å². The number of fused-ring (bicyclic) bond motifs is 1. The molecule has 8 nitrogen and oxygen atoms in total. The van der Waals surface area contributed by atoms with Crippen molar-refractivity contribution in [3.8, 4) is 5.75 Å². The fourth-order valence-electron chi connectivity index (χ4n) is 4.02. The Balaban J connectivity index is 0.000000423. The van der Waals surface area contributed by atoms with Crippen LogP contribution in [0, 0.1) is 10.8 Å². The van der Waals surface area contributed by atoms with Crippen molar-refractivity contribution in [1.82, 2.24) is 4.90 Å². The number of likely N-dealkylation sites (tertiary alicyclic amines) is 1. The van der Waals surface area contributed by atoms with Crippen molar-refractivity contribution in [3.63, 3.8) is 0 Å². The molecule has 2 fully saturated rings. The van der Waals surface area contributed by atoms with Gasteiger partial charge in [0.1, 0.15) is 5.75 Å². The number of carboxylic acid groups (broad SMARTS) is 3. The number of hydrogen-bond donors (Lipinski definition) is 3. The number of halogens is 3. The van der Waals surface area contributed by atoms with Crippen LogP contribution in [0.2, 0.25) is 0 Å². The molecular formula is C20H22F3NO7. The third kappa shape index (κ3) is 4.66. The van der Waals surface area contributed by atoms with Gasteiger partial charge in [-0.25, -0.2) is 4.79 Å². The van der Waals surface area contributed by atoms with E-state index in [9.17, 15) is 33.0 Å². The van der Waals surface area contributed by atoms with Crippen LogP contribution in [0.15, 0.2) is 30.9 Å². The molecule has 1 saturated heterocycles. The number of allylic oxidation sites excluding steroid dienone is 1. The van der Waals surface area contributed by atoms with Crippen molar-refractivity contribution in [2.45, 2.75) is 25.6 Å². The first-order valence-corrected chi connectivity index (χ1v) is 9.09. The van der Waals surface area contributed by atoms with E-state index in [1.165, 1.54) is 0 Å². The van der Waals surface area contributed by atoms with Gasteiger partial charge in [0.2, 0.25) is 0 Å². The summed E-state index contributed by atoms with van der Waals surface area (Å²) in [6.45, 7) is 4.82. The van der Waals surface area contributed by atoms with Gasteiger partial charge in [-0.05, 0) is 30.0 Å². The molecule has 11 heteroatoms. The number of alkyl halides is 3. The Labute approximate surface area is 175 Å². The van der Waals surface area contributed by atoms with Crippen molar-refractivity contribution in [2.24, 2.45) is 10.8 Å². The van der Waals surface area contributed by atoms with E-state index in [4.69, 9.17) is 14.6 Å². The van der Waals surface area contributed by atoms with Crippen LogP contribution in [-0.4, -0.2) is 64.5 Å². The van der Waals surface area contributed by atoms with Gasteiger partial charge in [0.25, 0.3) is 0 Å². The number of aliphatic carboxylic acids is 3. The molecule has 0 radical (unpaired) electrons. The molecular weight excluding hydrogens is 423 g/mol. The zero-order chi connectivity index (χ0) is 23.6. The van der Waals surface area contributed by atoms with Crippen LogP contribution in [0.3, 0.4) is 0 Å². The van der Waals surface area contributed by atoms with E-state index in [0.29, 0.717) is 13.0 Å². The molecule has 31 heavy (non-hydrogen) atoms. The Bertz CT molecular complexity index is 873. The minimum absolute atomic E-state index is 0.228. The predicted octanol–water partition coefficient (Wildman–Crippen LogP) is 2.42. The second-order valence-electron chi connectivity index (χ2n) is 7.54. The van der Waals surface area contributed by atoms with E-state index >= 15 is 0 Å². The predicted molar refractivity (Wildman–Crippen MR) is 101 cm³/mol. The standard InChI is InChI=1S/C18H21NO5.C2HF3O2/c1-3-4-13-7-12(5-6-14(13)24-2)8-19-10-17(15(20)21)9-18(17,11-19)16(22)23;3-2(4,5)1(6)7/h3,5-7H,1,4,8-11H2,2H3,(H,20,21)(H,22,23);(H,6,7)/t17-,18+;. The quantitative estimate of drug-likeness (QED) is 0.547. The lowest BCUT2D eigenvalue weighted by molar-refractivity contribution is -0.192. The van der Waals surface area contributed by atoms with E-state index in [0.717, 1.165) is 16.9 Å². The second-order valence-corrected chi connectivity index (χ2v) is 7.54. The summed E-state index contributed by atoms with van der Waals surface area (Å²) < 4.78 is 37.1. The molecule has 0 unspecified atom stereocenters. The molecule has 0 amide bonds. The highest BCUT2D eigenvalue weighted by molar-refractivity contribution is 5.94. The Morgan fingerprint density at radius 2 is 1.68 bits per heavy atom. The van der Waals surface area contributed by atoms with Gasteiger partial charge in [-0.15, -0.1) is 6.58 Å². The van der Waals surface area contributed by atoms with Crippen molar-refractivity contribution in [1.29, 1.82) is 0 Å². The first-order valence-electron chi connectivity index (χ1n) is 9.09. The lowest BCUT2D eigenvalue weighted by atomic mass is 9.97. The average Bonchev–Trinajstić information content (AvgIpc) is 3.21. The van der Waals surface area contributed by atoms with Crippen molar-refractivity contribution < 1.29 is 47.6 Å². The summed E-state index contributed by atoms with van der Waals surface area (Å²) in [5.74, 6) is -3.98. The van der Waals surface area contributed by atoms with Crippen LogP contribution in [0.1, 0.15) is 17.5 Å². The summed E-state index contributed by atoms with van der Waals surface area (Å²) in [4.78, 5) is 34.0. The molecule has 1 aliphatic heterocycles. The smallest absolute Gasteiger partial charge is 0.490 e. The average molecular weight is 445 g/mol. The molecule has 1 aromatic carbocycles. The molecule has 2 aliphatic rings. The highest BCUT2D eigenvalue weighted by atomic mass is 19.4. The normalized spacial score (nSPS) is 24.4. The maximum atomic E-state index is 11.6. The Morgan fingerprint density at radius 3 is 2.06 bits per heavy atom. The highest BCUT2D eigenvalue weighted by Crippen LogP contribution is 2.68. The van der Waals surface area contributed by atoms with Crippen LogP contribution in [0.4, 0.5) is 13.2 Å². The minimum Gasteiger partial charge on any atom is -0.496 e. The summed E-state index contributed by atoms with van der Waals surface area (Å²) in [5.41, 5.74) is -0.241.